The average Bonchev–Trinajstić information content (AvgIpc) is 3.39. The fourth-order valence-corrected chi connectivity index (χ4v) is 9.41. The molecule has 0 amide bonds. The third-order valence-corrected chi connectivity index (χ3v) is 14.3. The minimum atomic E-state index is -0.782. The van der Waals surface area contributed by atoms with Crippen LogP contribution in [0, 0.1) is 0 Å². The van der Waals surface area contributed by atoms with Gasteiger partial charge in [0.15, 0.2) is 6.10 Å². The number of hydrogen-bond acceptors (Lipinski definition) is 6. The van der Waals surface area contributed by atoms with Gasteiger partial charge in [0, 0.05) is 19.3 Å². The molecule has 0 bridgehead atoms. The second-order valence-corrected chi connectivity index (χ2v) is 21.7. The van der Waals surface area contributed by atoms with Crippen LogP contribution in [0.25, 0.3) is 0 Å². The van der Waals surface area contributed by atoms with Gasteiger partial charge in [-0.25, -0.2) is 0 Å². The van der Waals surface area contributed by atoms with Crippen molar-refractivity contribution in [3.05, 3.63) is 48.6 Å². The zero-order chi connectivity index (χ0) is 52.9. The molecule has 0 N–H and O–H groups in total. The summed E-state index contributed by atoms with van der Waals surface area (Å²) in [5.41, 5.74) is 0. The third kappa shape index (κ3) is 60.1. The molecular weight excluding hydrogens is 901 g/mol. The molecule has 426 valence electrons. The molecular formula is C67H122O6. The number of carbonyl (C=O) groups excluding carboxylic acids is 3. The highest BCUT2D eigenvalue weighted by Crippen LogP contribution is 2.16. The van der Waals surface area contributed by atoms with Crippen LogP contribution < -0.4 is 0 Å². The molecule has 6 nitrogen and oxygen atoms in total. The van der Waals surface area contributed by atoms with Crippen molar-refractivity contribution >= 4 is 17.9 Å². The van der Waals surface area contributed by atoms with E-state index in [1.165, 1.54) is 225 Å². The molecule has 1 unspecified atom stereocenters. The van der Waals surface area contributed by atoms with Crippen LogP contribution in [0.3, 0.4) is 0 Å². The zero-order valence-electron chi connectivity index (χ0n) is 48.9. The Morgan fingerprint density at radius 3 is 0.767 bits per heavy atom. The number of ether oxygens (including phenoxy) is 3. The second kappa shape index (κ2) is 61.9. The number of rotatable bonds is 59. The van der Waals surface area contributed by atoms with Gasteiger partial charge in [0.25, 0.3) is 0 Å². The fourth-order valence-electron chi connectivity index (χ4n) is 9.41. The first-order valence-electron chi connectivity index (χ1n) is 32.1. The van der Waals surface area contributed by atoms with Gasteiger partial charge in [-0.1, -0.05) is 268 Å². The summed E-state index contributed by atoms with van der Waals surface area (Å²) in [6.07, 6.45) is 76.8. The van der Waals surface area contributed by atoms with Gasteiger partial charge < -0.3 is 14.2 Å². The number of esters is 3. The lowest BCUT2D eigenvalue weighted by molar-refractivity contribution is -0.167. The Morgan fingerprint density at radius 2 is 0.493 bits per heavy atom. The predicted molar refractivity (Wildman–Crippen MR) is 316 cm³/mol. The van der Waals surface area contributed by atoms with Gasteiger partial charge in [-0.3, -0.25) is 14.4 Å². The molecule has 73 heavy (non-hydrogen) atoms. The van der Waals surface area contributed by atoms with Crippen LogP contribution in [0.15, 0.2) is 48.6 Å². The predicted octanol–water partition coefficient (Wildman–Crippen LogP) is 21.8. The molecule has 0 radical (unpaired) electrons. The molecule has 0 rings (SSSR count). The van der Waals surface area contributed by atoms with Crippen molar-refractivity contribution in [2.45, 2.75) is 348 Å². The van der Waals surface area contributed by atoms with Crippen molar-refractivity contribution in [2.75, 3.05) is 13.2 Å². The molecule has 1 atom stereocenters. The highest BCUT2D eigenvalue weighted by Gasteiger charge is 2.19. The van der Waals surface area contributed by atoms with E-state index in [1.54, 1.807) is 0 Å². The van der Waals surface area contributed by atoms with Gasteiger partial charge in [-0.15, -0.1) is 0 Å². The van der Waals surface area contributed by atoms with E-state index >= 15 is 0 Å². The van der Waals surface area contributed by atoms with Gasteiger partial charge >= 0.3 is 17.9 Å². The average molecular weight is 1020 g/mol. The summed E-state index contributed by atoms with van der Waals surface area (Å²) in [5, 5.41) is 0. The number of hydrogen-bond donors (Lipinski definition) is 0. The Labute approximate surface area is 454 Å². The molecule has 0 aromatic heterocycles. The van der Waals surface area contributed by atoms with E-state index in [4.69, 9.17) is 14.2 Å². The first-order chi connectivity index (χ1) is 36.0. The number of carbonyl (C=O) groups is 3. The summed E-state index contributed by atoms with van der Waals surface area (Å²) >= 11 is 0. The third-order valence-electron chi connectivity index (χ3n) is 14.3. The summed E-state index contributed by atoms with van der Waals surface area (Å²) in [5.74, 6) is -0.878. The molecule has 0 aliphatic carbocycles. The normalized spacial score (nSPS) is 12.3. The van der Waals surface area contributed by atoms with Crippen LogP contribution in [0.5, 0.6) is 0 Å². The molecule has 0 aliphatic heterocycles. The molecule has 6 heteroatoms. The summed E-state index contributed by atoms with van der Waals surface area (Å²) in [6.45, 7) is 6.66. The fraction of sp³-hybridized carbons (Fsp3) is 0.836. The first-order valence-corrected chi connectivity index (χ1v) is 32.1. The Bertz CT molecular complexity index is 1270. The van der Waals surface area contributed by atoms with Gasteiger partial charge in [0.1, 0.15) is 13.2 Å². The van der Waals surface area contributed by atoms with Crippen molar-refractivity contribution in [1.29, 1.82) is 0 Å². The summed E-state index contributed by atoms with van der Waals surface area (Å²) < 4.78 is 16.9. The molecule has 0 heterocycles. The van der Waals surface area contributed by atoms with Crippen LogP contribution >= 0.6 is 0 Å². The second-order valence-electron chi connectivity index (χ2n) is 21.7. The molecule has 0 spiro atoms. The lowest BCUT2D eigenvalue weighted by atomic mass is 10.0. The summed E-state index contributed by atoms with van der Waals surface area (Å²) in [6, 6.07) is 0. The van der Waals surface area contributed by atoms with Crippen LogP contribution in [-0.4, -0.2) is 37.2 Å². The quantitative estimate of drug-likeness (QED) is 0.0261. The van der Waals surface area contributed by atoms with Crippen LogP contribution in [0.2, 0.25) is 0 Å². The van der Waals surface area contributed by atoms with Crippen LogP contribution in [-0.2, 0) is 28.6 Å². The minimum Gasteiger partial charge on any atom is -0.462 e. The summed E-state index contributed by atoms with van der Waals surface area (Å²) in [7, 11) is 0. The standard InChI is InChI=1S/C67H122O6/c1-4-7-10-13-16-19-22-25-28-31-32-33-34-35-36-37-40-42-45-48-51-54-57-60-66(69)72-63-64(73-67(70)61-58-55-52-49-46-43-39-30-27-24-21-18-15-12-9-6-3)62-71-65(68)59-56-53-50-47-44-41-38-29-26-23-20-17-14-11-8-5-2/h22,25,29-32,38-39,64H,4-21,23-24,26-28,33-37,40-63H2,1-3H3/b25-22-,32-31-,38-29-,39-30-. The topological polar surface area (TPSA) is 78.9 Å². The smallest absolute Gasteiger partial charge is 0.306 e. The first kappa shape index (κ1) is 70.4. The van der Waals surface area contributed by atoms with Crippen molar-refractivity contribution in [3.8, 4) is 0 Å². The molecule has 0 aromatic rings. The lowest BCUT2D eigenvalue weighted by Crippen LogP contribution is -2.30. The van der Waals surface area contributed by atoms with E-state index in [0.717, 1.165) is 77.0 Å². The maximum atomic E-state index is 12.9. The SMILES string of the molecule is CCCCCCC/C=C\C/C=C\CCCCCCCCCCCCCC(=O)OCC(COC(=O)CCCCCCC/C=C\CCCCCCCCC)OC(=O)CCCCCCC/C=C\CCCCCCCCC. The van der Waals surface area contributed by atoms with Crippen LogP contribution in [0.4, 0.5) is 0 Å². The maximum Gasteiger partial charge on any atom is 0.306 e. The van der Waals surface area contributed by atoms with Crippen LogP contribution in [0.1, 0.15) is 342 Å². The van der Waals surface area contributed by atoms with Crippen molar-refractivity contribution < 1.29 is 28.6 Å². The van der Waals surface area contributed by atoms with Gasteiger partial charge in [-0.05, 0) is 103 Å². The number of unbranched alkanes of at least 4 members (excludes halogenated alkanes) is 40. The van der Waals surface area contributed by atoms with Gasteiger partial charge in [0.2, 0.25) is 0 Å². The van der Waals surface area contributed by atoms with E-state index in [9.17, 15) is 14.4 Å². The lowest BCUT2D eigenvalue weighted by Gasteiger charge is -2.18. The van der Waals surface area contributed by atoms with Crippen molar-refractivity contribution in [3.63, 3.8) is 0 Å². The van der Waals surface area contributed by atoms with Crippen molar-refractivity contribution in [1.82, 2.24) is 0 Å². The highest BCUT2D eigenvalue weighted by molar-refractivity contribution is 5.71. The Kier molecular flexibility index (Phi) is 59.7. The van der Waals surface area contributed by atoms with E-state index in [0.29, 0.717) is 19.3 Å². The summed E-state index contributed by atoms with van der Waals surface area (Å²) in [4.78, 5) is 38.3. The van der Waals surface area contributed by atoms with Gasteiger partial charge in [-0.2, -0.15) is 0 Å². The minimum absolute atomic E-state index is 0.0779. The number of allylic oxidation sites excluding steroid dienone is 8. The highest BCUT2D eigenvalue weighted by atomic mass is 16.6. The van der Waals surface area contributed by atoms with E-state index in [-0.39, 0.29) is 31.1 Å². The largest absolute Gasteiger partial charge is 0.462 e. The maximum absolute atomic E-state index is 12.9. The molecule has 0 aliphatic rings. The van der Waals surface area contributed by atoms with E-state index < -0.39 is 6.10 Å². The van der Waals surface area contributed by atoms with E-state index in [2.05, 4.69) is 69.4 Å². The molecule has 0 saturated heterocycles. The molecule has 0 saturated carbocycles. The Balaban J connectivity index is 4.33. The van der Waals surface area contributed by atoms with E-state index in [1.807, 2.05) is 0 Å². The van der Waals surface area contributed by atoms with Gasteiger partial charge in [0.05, 0.1) is 0 Å². The Morgan fingerprint density at radius 1 is 0.274 bits per heavy atom. The molecule has 0 aromatic carbocycles. The zero-order valence-corrected chi connectivity index (χ0v) is 48.9. The van der Waals surface area contributed by atoms with Crippen molar-refractivity contribution in [2.24, 2.45) is 0 Å². The Hall–Kier alpha value is -2.63. The molecule has 0 fully saturated rings. The monoisotopic (exact) mass is 1020 g/mol.